The molecule has 0 saturated heterocycles. The van der Waals surface area contributed by atoms with Crippen molar-refractivity contribution in [1.29, 1.82) is 0 Å². The Balaban J connectivity index is 2.25. The minimum Gasteiger partial charge on any atom is -0.385 e. The van der Waals surface area contributed by atoms with Gasteiger partial charge in [-0.05, 0) is 31.4 Å². The van der Waals surface area contributed by atoms with E-state index in [0.29, 0.717) is 22.9 Å². The van der Waals surface area contributed by atoms with Gasteiger partial charge in [0, 0.05) is 10.6 Å². The summed E-state index contributed by atoms with van der Waals surface area (Å²) in [6.45, 7) is 1.69. The Morgan fingerprint density at radius 1 is 1.28 bits per heavy atom. The molecule has 0 bridgehead atoms. The molecule has 2 rings (SSSR count). The van der Waals surface area contributed by atoms with E-state index in [9.17, 15) is 9.50 Å². The first kappa shape index (κ1) is 14.1. The Morgan fingerprint density at radius 2 is 1.89 bits per heavy atom. The molecule has 1 aromatic carbocycles. The third kappa shape index (κ3) is 2.98. The first-order valence-corrected chi connectivity index (χ1v) is 7.03. The van der Waals surface area contributed by atoms with Gasteiger partial charge in [0.25, 0.3) is 0 Å². The summed E-state index contributed by atoms with van der Waals surface area (Å²) in [6, 6.07) is 2.61. The zero-order valence-corrected chi connectivity index (χ0v) is 11.9. The molecule has 1 fully saturated rings. The molecule has 1 N–H and O–H groups in total. The second kappa shape index (κ2) is 5.36. The third-order valence-electron chi connectivity index (χ3n) is 3.75. The Hall–Kier alpha value is -0.310. The van der Waals surface area contributed by atoms with E-state index in [1.54, 1.807) is 6.92 Å². The van der Waals surface area contributed by atoms with Gasteiger partial charge in [-0.3, -0.25) is 0 Å². The fraction of sp³-hybridized carbons (Fsp3) is 0.571. The van der Waals surface area contributed by atoms with Gasteiger partial charge in [-0.15, -0.1) is 0 Å². The summed E-state index contributed by atoms with van der Waals surface area (Å²) in [5, 5.41) is 10.9. The molecule has 18 heavy (non-hydrogen) atoms. The van der Waals surface area contributed by atoms with Crippen LogP contribution in [0.2, 0.25) is 10.0 Å². The van der Waals surface area contributed by atoms with Crippen LogP contribution in [0, 0.1) is 11.7 Å². The van der Waals surface area contributed by atoms with E-state index in [0.717, 1.165) is 12.8 Å². The Morgan fingerprint density at radius 3 is 2.50 bits per heavy atom. The lowest BCUT2D eigenvalue weighted by atomic mass is 9.85. The zero-order valence-electron chi connectivity index (χ0n) is 10.3. The van der Waals surface area contributed by atoms with E-state index >= 15 is 0 Å². The van der Waals surface area contributed by atoms with Crippen LogP contribution in [-0.4, -0.2) is 5.11 Å². The highest BCUT2D eigenvalue weighted by Gasteiger charge is 2.31. The maximum absolute atomic E-state index is 13.5. The Labute approximate surface area is 117 Å². The van der Waals surface area contributed by atoms with Crippen molar-refractivity contribution in [3.8, 4) is 0 Å². The fourth-order valence-corrected chi connectivity index (χ4v) is 3.41. The van der Waals surface area contributed by atoms with Crippen molar-refractivity contribution in [3.63, 3.8) is 0 Å². The van der Waals surface area contributed by atoms with E-state index < -0.39 is 11.4 Å². The molecule has 1 aliphatic rings. The smallest absolute Gasteiger partial charge is 0.142 e. The average Bonchev–Trinajstić information content (AvgIpc) is 2.75. The summed E-state index contributed by atoms with van der Waals surface area (Å²) in [7, 11) is 0. The highest BCUT2D eigenvalue weighted by molar-refractivity contribution is 6.35. The zero-order chi connectivity index (χ0) is 13.3. The number of hydrogen-bond acceptors (Lipinski definition) is 1. The van der Waals surface area contributed by atoms with E-state index in [2.05, 4.69) is 0 Å². The molecule has 0 aliphatic heterocycles. The van der Waals surface area contributed by atoms with Gasteiger partial charge >= 0.3 is 0 Å². The molecular formula is C14H17Cl2FO. The lowest BCUT2D eigenvalue weighted by Crippen LogP contribution is -2.25. The van der Waals surface area contributed by atoms with Crippen molar-refractivity contribution >= 4 is 23.2 Å². The van der Waals surface area contributed by atoms with Gasteiger partial charge in [-0.1, -0.05) is 48.9 Å². The predicted molar refractivity (Wildman–Crippen MR) is 72.6 cm³/mol. The average molecular weight is 291 g/mol. The molecule has 1 aliphatic carbocycles. The monoisotopic (exact) mass is 290 g/mol. The number of benzene rings is 1. The highest BCUT2D eigenvalue weighted by atomic mass is 35.5. The molecule has 1 nitrogen and oxygen atoms in total. The van der Waals surface area contributed by atoms with E-state index in [4.69, 9.17) is 23.2 Å². The normalized spacial score (nSPS) is 20.1. The second-order valence-corrected chi connectivity index (χ2v) is 6.19. The third-order valence-corrected chi connectivity index (χ3v) is 4.35. The van der Waals surface area contributed by atoms with Gasteiger partial charge in [0.15, 0.2) is 0 Å². The molecule has 1 saturated carbocycles. The van der Waals surface area contributed by atoms with Crippen LogP contribution in [0.4, 0.5) is 4.39 Å². The molecule has 1 aromatic rings. The number of rotatable bonds is 3. The summed E-state index contributed by atoms with van der Waals surface area (Å²) >= 11 is 11.7. The summed E-state index contributed by atoms with van der Waals surface area (Å²) in [6.07, 6.45) is 5.30. The topological polar surface area (TPSA) is 20.2 Å². The van der Waals surface area contributed by atoms with Gasteiger partial charge in [-0.2, -0.15) is 0 Å². The lowest BCUT2D eigenvalue weighted by molar-refractivity contribution is 0.0306. The molecule has 0 spiro atoms. The van der Waals surface area contributed by atoms with Crippen molar-refractivity contribution in [2.75, 3.05) is 0 Å². The minimum absolute atomic E-state index is 0.0135. The first-order chi connectivity index (χ1) is 8.40. The van der Waals surface area contributed by atoms with Crippen molar-refractivity contribution in [1.82, 2.24) is 0 Å². The molecule has 0 radical (unpaired) electrons. The van der Waals surface area contributed by atoms with Gasteiger partial charge in [0.2, 0.25) is 0 Å². The molecule has 100 valence electrons. The molecule has 0 heterocycles. The van der Waals surface area contributed by atoms with Crippen molar-refractivity contribution in [2.45, 2.75) is 44.6 Å². The molecule has 0 aromatic heterocycles. The van der Waals surface area contributed by atoms with E-state index in [1.807, 2.05) is 0 Å². The van der Waals surface area contributed by atoms with Crippen LogP contribution < -0.4 is 0 Å². The van der Waals surface area contributed by atoms with Gasteiger partial charge in [0.05, 0.1) is 10.6 Å². The van der Waals surface area contributed by atoms with Crippen molar-refractivity contribution in [3.05, 3.63) is 33.6 Å². The minimum atomic E-state index is -1.10. The largest absolute Gasteiger partial charge is 0.385 e. The van der Waals surface area contributed by atoms with Crippen molar-refractivity contribution in [2.24, 2.45) is 5.92 Å². The van der Waals surface area contributed by atoms with Crippen LogP contribution in [0.3, 0.4) is 0 Å². The molecule has 1 atom stereocenters. The maximum atomic E-state index is 13.5. The molecule has 0 amide bonds. The van der Waals surface area contributed by atoms with Crippen LogP contribution in [-0.2, 0) is 5.60 Å². The number of hydrogen-bond donors (Lipinski definition) is 1. The summed E-state index contributed by atoms with van der Waals surface area (Å²) in [5.74, 6) is -0.0439. The lowest BCUT2D eigenvalue weighted by Gasteiger charge is -2.28. The fourth-order valence-electron chi connectivity index (χ4n) is 2.82. The van der Waals surface area contributed by atoms with Gasteiger partial charge in [0.1, 0.15) is 5.82 Å². The highest BCUT2D eigenvalue weighted by Crippen LogP contribution is 2.39. The summed E-state index contributed by atoms with van der Waals surface area (Å²) in [5.41, 5.74) is -0.671. The summed E-state index contributed by atoms with van der Waals surface area (Å²) in [4.78, 5) is 0. The predicted octanol–water partition coefficient (Wildman–Crippen LogP) is 4.92. The first-order valence-electron chi connectivity index (χ1n) is 6.27. The Bertz CT molecular complexity index is 440. The summed E-state index contributed by atoms with van der Waals surface area (Å²) < 4.78 is 13.5. The van der Waals surface area contributed by atoms with Gasteiger partial charge < -0.3 is 5.11 Å². The van der Waals surface area contributed by atoms with Crippen LogP contribution in [0.1, 0.15) is 44.6 Å². The van der Waals surface area contributed by atoms with E-state index in [1.165, 1.54) is 25.0 Å². The molecule has 1 unspecified atom stereocenters. The van der Waals surface area contributed by atoms with Crippen LogP contribution in [0.15, 0.2) is 12.1 Å². The van der Waals surface area contributed by atoms with Crippen LogP contribution in [0.25, 0.3) is 0 Å². The quantitative estimate of drug-likeness (QED) is 0.784. The van der Waals surface area contributed by atoms with Gasteiger partial charge in [-0.25, -0.2) is 4.39 Å². The number of halogens is 3. The standard InChI is InChI=1S/C14H17Cl2FO/c1-14(18,8-9-4-2-3-5-9)10-6-13(17)12(16)7-11(10)15/h6-7,9,18H,2-5,8H2,1H3. The maximum Gasteiger partial charge on any atom is 0.142 e. The van der Waals surface area contributed by atoms with Crippen molar-refractivity contribution < 1.29 is 9.50 Å². The van der Waals surface area contributed by atoms with E-state index in [-0.39, 0.29) is 5.02 Å². The van der Waals surface area contributed by atoms with Crippen LogP contribution >= 0.6 is 23.2 Å². The molecular weight excluding hydrogens is 274 g/mol. The number of aliphatic hydroxyl groups is 1. The Kier molecular flexibility index (Phi) is 4.20. The second-order valence-electron chi connectivity index (χ2n) is 5.37. The van der Waals surface area contributed by atoms with Crippen LogP contribution in [0.5, 0.6) is 0 Å². The molecule has 4 heteroatoms. The SMILES string of the molecule is CC(O)(CC1CCCC1)c1cc(F)c(Cl)cc1Cl.